The van der Waals surface area contributed by atoms with Crippen LogP contribution in [-0.4, -0.2) is 28.4 Å². The number of benzene rings is 3. The summed E-state index contributed by atoms with van der Waals surface area (Å²) in [6.07, 6.45) is 0. The zero-order valence-corrected chi connectivity index (χ0v) is 17.7. The Bertz CT molecular complexity index is 1260. The van der Waals surface area contributed by atoms with E-state index in [0.717, 1.165) is 11.1 Å². The molecule has 1 N–H and O–H groups in total. The number of carbonyl (C=O) groups is 2. The van der Waals surface area contributed by atoms with Crippen molar-refractivity contribution in [2.24, 2.45) is 0 Å². The van der Waals surface area contributed by atoms with Crippen molar-refractivity contribution in [3.63, 3.8) is 0 Å². The van der Waals surface area contributed by atoms with E-state index >= 15 is 0 Å². The van der Waals surface area contributed by atoms with Gasteiger partial charge in [0.05, 0.1) is 5.56 Å². The number of aryl methyl sites for hydroxylation is 1. The summed E-state index contributed by atoms with van der Waals surface area (Å²) in [6.45, 7) is 3.28. The standard InChI is InChI=1S/C25H21N3O4/c1-16-6-5-7-19(14-16)24-27-25(32-28-24)21-8-3-4-9-22(21)31-15-23(30)26-20-12-10-18(11-13-20)17(2)29/h3-14H,15H2,1-2H3,(H,26,30). The molecule has 0 atom stereocenters. The minimum absolute atomic E-state index is 0.0330. The van der Waals surface area contributed by atoms with Gasteiger partial charge >= 0.3 is 0 Å². The first-order valence-electron chi connectivity index (χ1n) is 10.0. The van der Waals surface area contributed by atoms with Gasteiger partial charge in [0.25, 0.3) is 11.8 Å². The van der Waals surface area contributed by atoms with Gasteiger partial charge < -0.3 is 14.6 Å². The quantitative estimate of drug-likeness (QED) is 0.420. The second-order valence-corrected chi connectivity index (χ2v) is 7.26. The number of anilines is 1. The van der Waals surface area contributed by atoms with Crippen molar-refractivity contribution in [3.05, 3.63) is 83.9 Å². The molecule has 7 nitrogen and oxygen atoms in total. The van der Waals surface area contributed by atoms with E-state index in [2.05, 4.69) is 15.5 Å². The fourth-order valence-corrected chi connectivity index (χ4v) is 3.13. The van der Waals surface area contributed by atoms with Gasteiger partial charge in [-0.15, -0.1) is 0 Å². The highest BCUT2D eigenvalue weighted by atomic mass is 16.5. The molecular weight excluding hydrogens is 406 g/mol. The molecule has 4 rings (SSSR count). The lowest BCUT2D eigenvalue weighted by Crippen LogP contribution is -2.20. The minimum atomic E-state index is -0.332. The lowest BCUT2D eigenvalue weighted by Gasteiger charge is -2.10. The van der Waals surface area contributed by atoms with Crippen LogP contribution in [0, 0.1) is 6.92 Å². The third kappa shape index (κ3) is 4.89. The molecule has 0 saturated carbocycles. The Morgan fingerprint density at radius 1 is 1.00 bits per heavy atom. The summed E-state index contributed by atoms with van der Waals surface area (Å²) in [6, 6.07) is 21.7. The summed E-state index contributed by atoms with van der Waals surface area (Å²) < 4.78 is 11.2. The molecular formula is C25H21N3O4. The number of nitrogens with zero attached hydrogens (tertiary/aromatic N) is 2. The topological polar surface area (TPSA) is 94.3 Å². The molecule has 0 saturated heterocycles. The second-order valence-electron chi connectivity index (χ2n) is 7.26. The number of ether oxygens (including phenoxy) is 1. The average Bonchev–Trinajstić information content (AvgIpc) is 3.28. The number of aromatic nitrogens is 2. The van der Waals surface area contributed by atoms with Gasteiger partial charge in [-0.2, -0.15) is 4.98 Å². The smallest absolute Gasteiger partial charge is 0.262 e. The highest BCUT2D eigenvalue weighted by Gasteiger charge is 2.16. The number of nitrogens with one attached hydrogen (secondary N) is 1. The molecule has 4 aromatic rings. The zero-order valence-electron chi connectivity index (χ0n) is 17.7. The van der Waals surface area contributed by atoms with E-state index in [9.17, 15) is 9.59 Å². The average molecular weight is 427 g/mol. The van der Waals surface area contributed by atoms with Crippen LogP contribution in [0.15, 0.2) is 77.3 Å². The molecule has 32 heavy (non-hydrogen) atoms. The van der Waals surface area contributed by atoms with E-state index in [-0.39, 0.29) is 18.3 Å². The minimum Gasteiger partial charge on any atom is -0.483 e. The van der Waals surface area contributed by atoms with E-state index in [4.69, 9.17) is 9.26 Å². The number of ketones is 1. The number of Topliss-reactive ketones (excluding diaryl/α,β-unsaturated/α-hetero) is 1. The van der Waals surface area contributed by atoms with E-state index in [0.29, 0.717) is 34.3 Å². The number of hydrogen-bond donors (Lipinski definition) is 1. The number of carbonyl (C=O) groups excluding carboxylic acids is 2. The Morgan fingerprint density at radius 2 is 1.78 bits per heavy atom. The molecule has 1 heterocycles. The van der Waals surface area contributed by atoms with Gasteiger partial charge in [0, 0.05) is 16.8 Å². The molecule has 1 aromatic heterocycles. The van der Waals surface area contributed by atoms with Crippen LogP contribution in [0.5, 0.6) is 5.75 Å². The normalized spacial score (nSPS) is 10.6. The molecule has 160 valence electrons. The first-order valence-corrected chi connectivity index (χ1v) is 10.0. The van der Waals surface area contributed by atoms with E-state index in [1.54, 1.807) is 42.5 Å². The predicted octanol–water partition coefficient (Wildman–Crippen LogP) is 4.93. The maximum atomic E-state index is 12.3. The van der Waals surface area contributed by atoms with Gasteiger partial charge in [0.1, 0.15) is 5.75 Å². The lowest BCUT2D eigenvalue weighted by molar-refractivity contribution is -0.118. The molecule has 1 amide bonds. The van der Waals surface area contributed by atoms with Gasteiger partial charge in [-0.05, 0) is 56.3 Å². The van der Waals surface area contributed by atoms with Gasteiger partial charge in [-0.25, -0.2) is 0 Å². The van der Waals surface area contributed by atoms with Crippen molar-refractivity contribution < 1.29 is 18.8 Å². The molecule has 0 radical (unpaired) electrons. The molecule has 0 spiro atoms. The highest BCUT2D eigenvalue weighted by Crippen LogP contribution is 2.30. The van der Waals surface area contributed by atoms with Crippen LogP contribution in [0.25, 0.3) is 22.8 Å². The summed E-state index contributed by atoms with van der Waals surface area (Å²) >= 11 is 0. The number of para-hydroxylation sites is 1. The first kappa shape index (κ1) is 21.0. The van der Waals surface area contributed by atoms with Crippen LogP contribution in [0.4, 0.5) is 5.69 Å². The van der Waals surface area contributed by atoms with Crippen LogP contribution >= 0.6 is 0 Å². The number of rotatable bonds is 7. The fraction of sp³-hybridized carbons (Fsp3) is 0.120. The third-order valence-corrected chi connectivity index (χ3v) is 4.75. The fourth-order valence-electron chi connectivity index (χ4n) is 3.13. The zero-order chi connectivity index (χ0) is 22.5. The molecule has 0 fully saturated rings. The van der Waals surface area contributed by atoms with Gasteiger partial charge in [0.2, 0.25) is 5.82 Å². The summed E-state index contributed by atoms with van der Waals surface area (Å²) in [5, 5.41) is 6.81. The van der Waals surface area contributed by atoms with Gasteiger partial charge in [-0.3, -0.25) is 9.59 Å². The Labute approximate surface area is 185 Å². The predicted molar refractivity (Wildman–Crippen MR) is 120 cm³/mol. The van der Waals surface area contributed by atoms with Crippen LogP contribution in [0.1, 0.15) is 22.8 Å². The van der Waals surface area contributed by atoms with Crippen molar-refractivity contribution in [1.29, 1.82) is 0 Å². The van der Waals surface area contributed by atoms with Crippen molar-refractivity contribution in [3.8, 4) is 28.6 Å². The summed E-state index contributed by atoms with van der Waals surface area (Å²) in [7, 11) is 0. The van der Waals surface area contributed by atoms with Crippen molar-refractivity contribution in [2.75, 3.05) is 11.9 Å². The Hall–Kier alpha value is -4.26. The van der Waals surface area contributed by atoms with E-state index in [1.165, 1.54) is 6.92 Å². The first-order chi connectivity index (χ1) is 15.5. The third-order valence-electron chi connectivity index (χ3n) is 4.75. The number of amides is 1. The monoisotopic (exact) mass is 427 g/mol. The van der Waals surface area contributed by atoms with E-state index < -0.39 is 0 Å². The largest absolute Gasteiger partial charge is 0.483 e. The number of hydrogen-bond acceptors (Lipinski definition) is 6. The Kier molecular flexibility index (Phi) is 6.07. The molecule has 0 bridgehead atoms. The van der Waals surface area contributed by atoms with Crippen LogP contribution in [-0.2, 0) is 4.79 Å². The lowest BCUT2D eigenvalue weighted by atomic mass is 10.1. The molecule has 0 aliphatic heterocycles. The summed E-state index contributed by atoms with van der Waals surface area (Å²) in [5.41, 5.74) is 3.71. The van der Waals surface area contributed by atoms with Crippen molar-refractivity contribution in [2.45, 2.75) is 13.8 Å². The van der Waals surface area contributed by atoms with Crippen molar-refractivity contribution in [1.82, 2.24) is 10.1 Å². The maximum Gasteiger partial charge on any atom is 0.262 e. The summed E-state index contributed by atoms with van der Waals surface area (Å²) in [4.78, 5) is 28.2. The van der Waals surface area contributed by atoms with Crippen molar-refractivity contribution >= 4 is 17.4 Å². The summed E-state index contributed by atoms with van der Waals surface area (Å²) in [5.74, 6) is 0.868. The Morgan fingerprint density at radius 3 is 2.53 bits per heavy atom. The Balaban J connectivity index is 1.45. The van der Waals surface area contributed by atoms with Gasteiger partial charge in [0.15, 0.2) is 12.4 Å². The molecule has 0 aliphatic rings. The van der Waals surface area contributed by atoms with Crippen LogP contribution in [0.3, 0.4) is 0 Å². The molecule has 7 heteroatoms. The molecule has 0 aliphatic carbocycles. The van der Waals surface area contributed by atoms with E-state index in [1.807, 2.05) is 37.3 Å². The van der Waals surface area contributed by atoms with Crippen LogP contribution < -0.4 is 10.1 Å². The SMILES string of the molecule is CC(=O)c1ccc(NC(=O)COc2ccccc2-c2nc(-c3cccc(C)c3)no2)cc1. The second kappa shape index (κ2) is 9.26. The molecule has 3 aromatic carbocycles. The maximum absolute atomic E-state index is 12.3. The highest BCUT2D eigenvalue weighted by molar-refractivity contribution is 5.96. The van der Waals surface area contributed by atoms with Crippen LogP contribution in [0.2, 0.25) is 0 Å². The molecule has 0 unspecified atom stereocenters. The van der Waals surface area contributed by atoms with Gasteiger partial charge in [-0.1, -0.05) is 41.1 Å².